The van der Waals surface area contributed by atoms with E-state index in [0.717, 1.165) is 32.4 Å². The van der Waals surface area contributed by atoms with Crippen molar-refractivity contribution in [2.24, 2.45) is 0 Å². The fourth-order valence-electron chi connectivity index (χ4n) is 1.33. The normalized spacial score (nSPS) is 10.1. The van der Waals surface area contributed by atoms with Crippen molar-refractivity contribution in [1.82, 2.24) is 4.90 Å². The third-order valence-corrected chi connectivity index (χ3v) is 2.26. The van der Waals surface area contributed by atoms with Gasteiger partial charge in [-0.05, 0) is 12.8 Å². The van der Waals surface area contributed by atoms with Crippen LogP contribution in [0.4, 0.5) is 0 Å². The number of unbranched alkanes of at least 4 members (excludes halogenated alkanes) is 3. The van der Waals surface area contributed by atoms with Gasteiger partial charge in [-0.1, -0.05) is 33.1 Å². The van der Waals surface area contributed by atoms with Crippen LogP contribution in [0.1, 0.15) is 52.9 Å². The highest BCUT2D eigenvalue weighted by atomic mass is 16.2. The third-order valence-electron chi connectivity index (χ3n) is 2.26. The first-order valence-electron chi connectivity index (χ1n) is 5.47. The van der Waals surface area contributed by atoms with E-state index >= 15 is 0 Å². The van der Waals surface area contributed by atoms with Gasteiger partial charge in [-0.2, -0.15) is 0 Å². The van der Waals surface area contributed by atoms with Crippen molar-refractivity contribution in [3.8, 4) is 0 Å². The third kappa shape index (κ3) is 6.62. The van der Waals surface area contributed by atoms with Gasteiger partial charge < -0.3 is 4.90 Å². The zero-order valence-electron chi connectivity index (χ0n) is 9.31. The van der Waals surface area contributed by atoms with Gasteiger partial charge in [-0.25, -0.2) is 0 Å². The summed E-state index contributed by atoms with van der Waals surface area (Å²) in [6.07, 6.45) is 5.90. The number of hydrogen-bond acceptors (Lipinski definition) is 1. The molecule has 0 heterocycles. The summed E-state index contributed by atoms with van der Waals surface area (Å²) < 4.78 is 0. The first kappa shape index (κ1) is 12.5. The fraction of sp³-hybridized carbons (Fsp3) is 0.909. The van der Waals surface area contributed by atoms with Crippen molar-refractivity contribution in [2.45, 2.75) is 52.9 Å². The molecule has 0 saturated carbocycles. The number of rotatable bonds is 7. The van der Waals surface area contributed by atoms with Gasteiger partial charge in [0.15, 0.2) is 0 Å². The van der Waals surface area contributed by atoms with E-state index in [1.54, 1.807) is 6.92 Å². The van der Waals surface area contributed by atoms with E-state index in [4.69, 9.17) is 0 Å². The molecule has 0 aromatic carbocycles. The molecule has 0 rings (SSSR count). The second-order valence-electron chi connectivity index (χ2n) is 3.57. The van der Waals surface area contributed by atoms with E-state index in [0.29, 0.717) is 0 Å². The Labute approximate surface area is 82.3 Å². The predicted molar refractivity (Wildman–Crippen MR) is 56.7 cm³/mol. The highest BCUT2D eigenvalue weighted by Gasteiger charge is 2.05. The second kappa shape index (κ2) is 8.09. The zero-order valence-corrected chi connectivity index (χ0v) is 9.31. The Morgan fingerprint density at radius 1 is 1.00 bits per heavy atom. The van der Waals surface area contributed by atoms with Gasteiger partial charge in [0, 0.05) is 20.0 Å². The maximum absolute atomic E-state index is 11.2. The van der Waals surface area contributed by atoms with Gasteiger partial charge in [0.1, 0.15) is 0 Å². The molecule has 0 atom stereocenters. The van der Waals surface area contributed by atoms with Gasteiger partial charge in [0.2, 0.25) is 5.91 Å². The summed E-state index contributed by atoms with van der Waals surface area (Å²) in [5, 5.41) is 0. The monoisotopic (exact) mass is 185 g/mol. The Kier molecular flexibility index (Phi) is 7.76. The molecule has 0 aliphatic rings. The number of carbonyl (C=O) groups excluding carboxylic acids is 1. The Morgan fingerprint density at radius 3 is 2.00 bits per heavy atom. The lowest BCUT2D eigenvalue weighted by atomic mass is 10.2. The zero-order chi connectivity index (χ0) is 10.1. The largest absolute Gasteiger partial charge is 0.343 e. The first-order chi connectivity index (χ1) is 6.22. The first-order valence-corrected chi connectivity index (χ1v) is 5.47. The molecule has 0 aromatic rings. The second-order valence-corrected chi connectivity index (χ2v) is 3.57. The van der Waals surface area contributed by atoms with E-state index in [-0.39, 0.29) is 5.91 Å². The van der Waals surface area contributed by atoms with Crippen molar-refractivity contribution in [2.75, 3.05) is 13.1 Å². The van der Waals surface area contributed by atoms with E-state index in [1.807, 2.05) is 4.90 Å². The number of amides is 1. The van der Waals surface area contributed by atoms with Crippen molar-refractivity contribution in [3.05, 3.63) is 0 Å². The van der Waals surface area contributed by atoms with Crippen LogP contribution >= 0.6 is 0 Å². The molecule has 0 radical (unpaired) electrons. The molecule has 0 aliphatic heterocycles. The number of hydrogen-bond donors (Lipinski definition) is 0. The molecule has 0 aliphatic carbocycles. The minimum Gasteiger partial charge on any atom is -0.343 e. The van der Waals surface area contributed by atoms with Crippen LogP contribution in [0.15, 0.2) is 0 Å². The van der Waals surface area contributed by atoms with Crippen molar-refractivity contribution in [3.63, 3.8) is 0 Å². The van der Waals surface area contributed by atoms with Gasteiger partial charge in [-0.15, -0.1) is 0 Å². The van der Waals surface area contributed by atoms with E-state index in [1.165, 1.54) is 12.8 Å². The fourth-order valence-corrected chi connectivity index (χ4v) is 1.33. The molecule has 2 heteroatoms. The molecule has 13 heavy (non-hydrogen) atoms. The average molecular weight is 185 g/mol. The van der Waals surface area contributed by atoms with Crippen LogP contribution in [-0.2, 0) is 4.79 Å². The smallest absolute Gasteiger partial charge is 0.219 e. The maximum Gasteiger partial charge on any atom is 0.219 e. The summed E-state index contributed by atoms with van der Waals surface area (Å²) in [4.78, 5) is 13.1. The molecule has 0 spiro atoms. The molecule has 0 unspecified atom stereocenters. The van der Waals surface area contributed by atoms with Crippen molar-refractivity contribution < 1.29 is 4.79 Å². The Hall–Kier alpha value is -0.530. The van der Waals surface area contributed by atoms with Crippen LogP contribution in [0, 0.1) is 0 Å². The Bertz CT molecular complexity index is 134. The Balaban J connectivity index is 3.61. The Morgan fingerprint density at radius 2 is 1.54 bits per heavy atom. The van der Waals surface area contributed by atoms with Crippen molar-refractivity contribution >= 4 is 5.91 Å². The van der Waals surface area contributed by atoms with Gasteiger partial charge >= 0.3 is 0 Å². The molecule has 1 amide bonds. The SMILES string of the molecule is CCCCCN(CCCC)C(C)=O. The predicted octanol–water partition coefficient (Wildman–Crippen LogP) is 2.83. The lowest BCUT2D eigenvalue weighted by Crippen LogP contribution is -2.30. The van der Waals surface area contributed by atoms with Crippen LogP contribution < -0.4 is 0 Å². The summed E-state index contributed by atoms with van der Waals surface area (Å²) in [5.41, 5.74) is 0. The minimum atomic E-state index is 0.226. The average Bonchev–Trinajstić information content (AvgIpc) is 2.10. The molecule has 0 fully saturated rings. The standard InChI is InChI=1S/C11H23NO/c1-4-6-8-10-12(11(3)13)9-7-5-2/h4-10H2,1-3H3. The van der Waals surface area contributed by atoms with Gasteiger partial charge in [-0.3, -0.25) is 4.79 Å². The quantitative estimate of drug-likeness (QED) is 0.558. The van der Waals surface area contributed by atoms with Crippen LogP contribution in [0.5, 0.6) is 0 Å². The lowest BCUT2D eigenvalue weighted by molar-refractivity contribution is -0.129. The summed E-state index contributed by atoms with van der Waals surface area (Å²) in [6, 6.07) is 0. The molecule has 0 bridgehead atoms. The van der Waals surface area contributed by atoms with Crippen LogP contribution in [0.25, 0.3) is 0 Å². The van der Waals surface area contributed by atoms with E-state index in [9.17, 15) is 4.79 Å². The molecule has 0 N–H and O–H groups in total. The molecule has 0 saturated heterocycles. The summed E-state index contributed by atoms with van der Waals surface area (Å²) in [7, 11) is 0. The van der Waals surface area contributed by atoms with Crippen LogP contribution in [-0.4, -0.2) is 23.9 Å². The van der Waals surface area contributed by atoms with Crippen LogP contribution in [0.3, 0.4) is 0 Å². The lowest BCUT2D eigenvalue weighted by Gasteiger charge is -2.20. The minimum absolute atomic E-state index is 0.226. The molecular formula is C11H23NO. The van der Waals surface area contributed by atoms with Gasteiger partial charge in [0.25, 0.3) is 0 Å². The summed E-state index contributed by atoms with van der Waals surface area (Å²) in [5.74, 6) is 0.226. The van der Waals surface area contributed by atoms with Crippen molar-refractivity contribution in [1.29, 1.82) is 0 Å². The van der Waals surface area contributed by atoms with E-state index in [2.05, 4.69) is 13.8 Å². The van der Waals surface area contributed by atoms with E-state index < -0.39 is 0 Å². The van der Waals surface area contributed by atoms with Crippen LogP contribution in [0.2, 0.25) is 0 Å². The molecule has 2 nitrogen and oxygen atoms in total. The summed E-state index contributed by atoms with van der Waals surface area (Å²) in [6.45, 7) is 7.90. The summed E-state index contributed by atoms with van der Waals surface area (Å²) >= 11 is 0. The van der Waals surface area contributed by atoms with Gasteiger partial charge in [0.05, 0.1) is 0 Å². The highest BCUT2D eigenvalue weighted by molar-refractivity contribution is 5.73. The number of carbonyl (C=O) groups is 1. The maximum atomic E-state index is 11.2. The molecular weight excluding hydrogens is 162 g/mol. The number of nitrogens with zero attached hydrogens (tertiary/aromatic N) is 1. The topological polar surface area (TPSA) is 20.3 Å². The molecule has 78 valence electrons. The molecule has 0 aromatic heterocycles. The highest BCUT2D eigenvalue weighted by Crippen LogP contribution is 2.01.